The van der Waals surface area contributed by atoms with Gasteiger partial charge in [-0.2, -0.15) is 0 Å². The number of aliphatic hydroxyl groups excluding tert-OH is 1. The topological polar surface area (TPSA) is 33.4 Å². The van der Waals surface area contributed by atoms with Crippen molar-refractivity contribution in [2.45, 2.75) is 19.4 Å². The largest absolute Gasteiger partial charge is 0.469 e. The summed E-state index contributed by atoms with van der Waals surface area (Å²) in [5.41, 5.74) is 0.0556. The van der Waals surface area contributed by atoms with E-state index in [1.165, 1.54) is 18.4 Å². The van der Waals surface area contributed by atoms with Crippen molar-refractivity contribution in [2.24, 2.45) is 0 Å². The fourth-order valence-electron chi connectivity index (χ4n) is 1.81. The zero-order valence-corrected chi connectivity index (χ0v) is 9.28. The lowest BCUT2D eigenvalue weighted by Crippen LogP contribution is -2.06. The molecule has 1 aromatic heterocycles. The van der Waals surface area contributed by atoms with Gasteiger partial charge in [0, 0.05) is 12.0 Å². The van der Waals surface area contributed by atoms with Gasteiger partial charge in [-0.05, 0) is 18.2 Å². The molecule has 0 aliphatic carbocycles. The first-order valence-electron chi connectivity index (χ1n) is 5.33. The molecule has 1 N–H and O–H groups in total. The van der Waals surface area contributed by atoms with E-state index < -0.39 is 17.7 Å². The molecule has 0 amide bonds. The third kappa shape index (κ3) is 2.08. The van der Waals surface area contributed by atoms with Gasteiger partial charge in [0.15, 0.2) is 0 Å². The predicted octanol–water partition coefficient (Wildman–Crippen LogP) is 3.20. The summed E-state index contributed by atoms with van der Waals surface area (Å²) in [7, 11) is 0. The number of hydrogen-bond donors (Lipinski definition) is 1. The molecule has 17 heavy (non-hydrogen) atoms. The molecule has 4 heteroatoms. The van der Waals surface area contributed by atoms with Gasteiger partial charge < -0.3 is 9.52 Å². The van der Waals surface area contributed by atoms with Crippen molar-refractivity contribution in [1.82, 2.24) is 0 Å². The van der Waals surface area contributed by atoms with E-state index >= 15 is 0 Å². The lowest BCUT2D eigenvalue weighted by atomic mass is 10.00. The van der Waals surface area contributed by atoms with Crippen LogP contribution in [0.4, 0.5) is 8.78 Å². The summed E-state index contributed by atoms with van der Waals surface area (Å²) in [5, 5.41) is 10.0. The molecule has 1 heterocycles. The van der Waals surface area contributed by atoms with Gasteiger partial charge in [-0.25, -0.2) is 8.78 Å². The number of aryl methyl sites for hydroxylation is 1. The third-order valence-corrected chi connectivity index (χ3v) is 2.67. The van der Waals surface area contributed by atoms with Gasteiger partial charge in [0.2, 0.25) is 0 Å². The Morgan fingerprint density at radius 2 is 1.88 bits per heavy atom. The summed E-state index contributed by atoms with van der Waals surface area (Å²) in [6.45, 7) is 1.84. The molecule has 1 aromatic carbocycles. The van der Waals surface area contributed by atoms with Crippen molar-refractivity contribution in [3.05, 3.63) is 59.1 Å². The minimum Gasteiger partial charge on any atom is -0.469 e. The zero-order valence-electron chi connectivity index (χ0n) is 9.28. The smallest absolute Gasteiger partial charge is 0.132 e. The minimum atomic E-state index is -1.34. The normalized spacial score (nSPS) is 12.7. The zero-order chi connectivity index (χ0) is 12.4. The molecule has 1 unspecified atom stereocenters. The molecule has 1 atom stereocenters. The van der Waals surface area contributed by atoms with E-state index in [-0.39, 0.29) is 5.56 Å². The van der Waals surface area contributed by atoms with Crippen LogP contribution in [0.5, 0.6) is 0 Å². The van der Waals surface area contributed by atoms with Gasteiger partial charge in [0.1, 0.15) is 23.5 Å². The maximum Gasteiger partial charge on any atom is 0.132 e. The lowest BCUT2D eigenvalue weighted by Gasteiger charge is -2.12. The quantitative estimate of drug-likeness (QED) is 0.890. The molecule has 0 saturated heterocycles. The van der Waals surface area contributed by atoms with E-state index in [0.29, 0.717) is 17.7 Å². The molecule has 0 saturated carbocycles. The van der Waals surface area contributed by atoms with E-state index in [9.17, 15) is 13.9 Å². The number of halogens is 2. The molecule has 0 spiro atoms. The van der Waals surface area contributed by atoms with Gasteiger partial charge in [-0.1, -0.05) is 13.0 Å². The maximum absolute atomic E-state index is 13.5. The highest BCUT2D eigenvalue weighted by atomic mass is 19.1. The first kappa shape index (κ1) is 11.8. The van der Waals surface area contributed by atoms with Crippen LogP contribution in [0.25, 0.3) is 0 Å². The Balaban J connectivity index is 2.47. The molecule has 0 fully saturated rings. The maximum atomic E-state index is 13.5. The van der Waals surface area contributed by atoms with Crippen LogP contribution in [-0.4, -0.2) is 5.11 Å². The number of furan rings is 1. The van der Waals surface area contributed by atoms with Crippen LogP contribution in [0, 0.1) is 11.6 Å². The average Bonchev–Trinajstić information content (AvgIpc) is 2.76. The number of rotatable bonds is 3. The Morgan fingerprint density at radius 3 is 2.47 bits per heavy atom. The third-order valence-electron chi connectivity index (χ3n) is 2.67. The SMILES string of the molecule is CCc1occc1C(O)c1c(F)cccc1F. The van der Waals surface area contributed by atoms with Crippen LogP contribution in [0.15, 0.2) is 34.9 Å². The predicted molar refractivity (Wildman–Crippen MR) is 58.5 cm³/mol. The standard InChI is InChI=1S/C13H12F2O2/c1-2-11-8(6-7-17-11)13(16)12-9(14)4-3-5-10(12)15/h3-7,13,16H,2H2,1H3. The van der Waals surface area contributed by atoms with Gasteiger partial charge in [-0.15, -0.1) is 0 Å². The van der Waals surface area contributed by atoms with Crippen LogP contribution in [0.3, 0.4) is 0 Å². The fourth-order valence-corrected chi connectivity index (χ4v) is 1.81. The van der Waals surface area contributed by atoms with Crippen molar-refractivity contribution in [1.29, 1.82) is 0 Å². The first-order chi connectivity index (χ1) is 8.15. The monoisotopic (exact) mass is 238 g/mol. The highest BCUT2D eigenvalue weighted by molar-refractivity contribution is 5.33. The average molecular weight is 238 g/mol. The number of aliphatic hydroxyl groups is 1. The molecule has 2 aromatic rings. The molecule has 2 nitrogen and oxygen atoms in total. The van der Waals surface area contributed by atoms with Crippen LogP contribution >= 0.6 is 0 Å². The van der Waals surface area contributed by atoms with Gasteiger partial charge in [0.05, 0.1) is 11.8 Å². The summed E-state index contributed by atoms with van der Waals surface area (Å²) in [6.07, 6.45) is 0.607. The molecule has 0 radical (unpaired) electrons. The van der Waals surface area contributed by atoms with Crippen molar-refractivity contribution in [3.8, 4) is 0 Å². The summed E-state index contributed by atoms with van der Waals surface area (Å²) in [6, 6.07) is 5.02. The molecule has 0 bridgehead atoms. The van der Waals surface area contributed by atoms with E-state index in [0.717, 1.165) is 12.1 Å². The van der Waals surface area contributed by atoms with E-state index in [2.05, 4.69) is 0 Å². The molecule has 0 aliphatic heterocycles. The Morgan fingerprint density at radius 1 is 1.24 bits per heavy atom. The highest BCUT2D eigenvalue weighted by Crippen LogP contribution is 2.29. The second-order valence-corrected chi connectivity index (χ2v) is 3.69. The van der Waals surface area contributed by atoms with E-state index in [1.54, 1.807) is 0 Å². The van der Waals surface area contributed by atoms with Crippen LogP contribution in [0.2, 0.25) is 0 Å². The van der Waals surface area contributed by atoms with Gasteiger partial charge >= 0.3 is 0 Å². The van der Waals surface area contributed by atoms with E-state index in [1.807, 2.05) is 6.92 Å². The second-order valence-electron chi connectivity index (χ2n) is 3.69. The van der Waals surface area contributed by atoms with Gasteiger partial charge in [-0.3, -0.25) is 0 Å². The molecule has 90 valence electrons. The van der Waals surface area contributed by atoms with E-state index in [4.69, 9.17) is 4.42 Å². The van der Waals surface area contributed by atoms with Crippen molar-refractivity contribution in [3.63, 3.8) is 0 Å². The Hall–Kier alpha value is -1.68. The van der Waals surface area contributed by atoms with Crippen LogP contribution in [-0.2, 0) is 6.42 Å². The van der Waals surface area contributed by atoms with Crippen molar-refractivity contribution in [2.75, 3.05) is 0 Å². The summed E-state index contributed by atoms with van der Waals surface area (Å²) in [5.74, 6) is -0.998. The number of hydrogen-bond acceptors (Lipinski definition) is 2. The molecule has 0 aliphatic rings. The van der Waals surface area contributed by atoms with Gasteiger partial charge in [0.25, 0.3) is 0 Å². The molecular formula is C13H12F2O2. The summed E-state index contributed by atoms with van der Waals surface area (Å²) >= 11 is 0. The van der Waals surface area contributed by atoms with Crippen molar-refractivity contribution >= 4 is 0 Å². The molecular weight excluding hydrogens is 226 g/mol. The Kier molecular flexibility index (Phi) is 3.24. The van der Waals surface area contributed by atoms with Crippen LogP contribution in [0.1, 0.15) is 29.9 Å². The minimum absolute atomic E-state index is 0.344. The summed E-state index contributed by atoms with van der Waals surface area (Å²) < 4.78 is 32.1. The molecule has 2 rings (SSSR count). The Labute approximate surface area is 97.5 Å². The first-order valence-corrected chi connectivity index (χ1v) is 5.33. The second kappa shape index (κ2) is 4.67. The Bertz CT molecular complexity index is 500. The van der Waals surface area contributed by atoms with Crippen LogP contribution < -0.4 is 0 Å². The fraction of sp³-hybridized carbons (Fsp3) is 0.231. The number of benzene rings is 1. The summed E-state index contributed by atoms with van der Waals surface area (Å²) in [4.78, 5) is 0. The lowest BCUT2D eigenvalue weighted by molar-refractivity contribution is 0.206. The highest BCUT2D eigenvalue weighted by Gasteiger charge is 2.22. The van der Waals surface area contributed by atoms with Crippen molar-refractivity contribution < 1.29 is 18.3 Å².